The lowest BCUT2D eigenvalue weighted by atomic mass is 9.86. The Hall–Kier alpha value is -1.96. The van der Waals surface area contributed by atoms with Gasteiger partial charge in [0.15, 0.2) is 0 Å². The summed E-state index contributed by atoms with van der Waals surface area (Å²) < 4.78 is 0. The number of hydrogen-bond donors (Lipinski definition) is 0. The Morgan fingerprint density at radius 3 is 2.37 bits per heavy atom. The second-order valence-corrected chi connectivity index (χ2v) is 8.78. The Balaban J connectivity index is 1.47. The minimum atomic E-state index is -0.453. The highest BCUT2D eigenvalue weighted by Gasteiger charge is 2.28. The van der Waals surface area contributed by atoms with Gasteiger partial charge in [0.2, 0.25) is 5.91 Å². The van der Waals surface area contributed by atoms with E-state index >= 15 is 0 Å². The SMILES string of the molecule is Cc1sc(C(=O)N2CCN(C(=O)CCC3CCCCC3)CC2)cc1[N+](=O)[O-]. The number of carbonyl (C=O) groups is 2. The molecule has 0 N–H and O–H groups in total. The fraction of sp³-hybridized carbons (Fsp3) is 0.684. The van der Waals surface area contributed by atoms with E-state index < -0.39 is 4.92 Å². The molecule has 0 aromatic carbocycles. The van der Waals surface area contributed by atoms with Crippen LogP contribution in [0.2, 0.25) is 0 Å². The van der Waals surface area contributed by atoms with E-state index in [9.17, 15) is 19.7 Å². The smallest absolute Gasteiger partial charge is 0.283 e. The monoisotopic (exact) mass is 393 g/mol. The average molecular weight is 394 g/mol. The van der Waals surface area contributed by atoms with E-state index in [2.05, 4.69) is 0 Å². The van der Waals surface area contributed by atoms with Crippen molar-refractivity contribution >= 4 is 28.8 Å². The zero-order valence-corrected chi connectivity index (χ0v) is 16.6. The van der Waals surface area contributed by atoms with Gasteiger partial charge in [-0.25, -0.2) is 0 Å². The number of hydrogen-bond acceptors (Lipinski definition) is 5. The largest absolute Gasteiger partial charge is 0.339 e. The van der Waals surface area contributed by atoms with Gasteiger partial charge in [-0.05, 0) is 19.3 Å². The van der Waals surface area contributed by atoms with Crippen LogP contribution in [0.1, 0.15) is 59.5 Å². The predicted molar refractivity (Wildman–Crippen MR) is 104 cm³/mol. The molecular weight excluding hydrogens is 366 g/mol. The molecule has 1 aliphatic heterocycles. The molecule has 0 atom stereocenters. The second-order valence-electron chi connectivity index (χ2n) is 7.52. The molecular formula is C19H27N3O4S. The lowest BCUT2D eigenvalue weighted by Crippen LogP contribution is -2.50. The van der Waals surface area contributed by atoms with Gasteiger partial charge in [0.1, 0.15) is 0 Å². The Morgan fingerprint density at radius 2 is 1.78 bits per heavy atom. The van der Waals surface area contributed by atoms with E-state index in [4.69, 9.17) is 0 Å². The number of amides is 2. The highest BCUT2D eigenvalue weighted by Crippen LogP contribution is 2.30. The van der Waals surface area contributed by atoms with Crippen LogP contribution in [0.5, 0.6) is 0 Å². The van der Waals surface area contributed by atoms with Crippen LogP contribution in [0.15, 0.2) is 6.07 Å². The molecule has 148 valence electrons. The fourth-order valence-electron chi connectivity index (χ4n) is 4.04. The van der Waals surface area contributed by atoms with Crippen molar-refractivity contribution in [2.45, 2.75) is 51.9 Å². The molecule has 7 nitrogen and oxygen atoms in total. The molecule has 2 amide bonds. The normalized spacial score (nSPS) is 18.6. The molecule has 2 fully saturated rings. The van der Waals surface area contributed by atoms with Gasteiger partial charge in [-0.3, -0.25) is 19.7 Å². The van der Waals surface area contributed by atoms with E-state index in [1.165, 1.54) is 38.2 Å². The standard InChI is InChI=1S/C19H27N3O4S/c1-14-16(22(25)26)13-17(27-14)19(24)21-11-9-20(10-12-21)18(23)8-7-15-5-3-2-4-6-15/h13,15H,2-12H2,1H3. The summed E-state index contributed by atoms with van der Waals surface area (Å²) in [5.41, 5.74) is -0.000114. The molecule has 2 heterocycles. The maximum atomic E-state index is 12.6. The molecule has 0 unspecified atom stereocenters. The van der Waals surface area contributed by atoms with Gasteiger partial charge in [0, 0.05) is 38.7 Å². The fourth-order valence-corrected chi connectivity index (χ4v) is 4.99. The van der Waals surface area contributed by atoms with Gasteiger partial charge in [0.05, 0.1) is 14.7 Å². The van der Waals surface area contributed by atoms with Gasteiger partial charge in [-0.15, -0.1) is 11.3 Å². The third-order valence-electron chi connectivity index (χ3n) is 5.71. The molecule has 0 spiro atoms. The summed E-state index contributed by atoms with van der Waals surface area (Å²) in [6.45, 7) is 3.71. The van der Waals surface area contributed by atoms with Crippen molar-refractivity contribution in [2.75, 3.05) is 26.2 Å². The third-order valence-corrected chi connectivity index (χ3v) is 6.74. The maximum Gasteiger partial charge on any atom is 0.283 e. The summed E-state index contributed by atoms with van der Waals surface area (Å²) in [5.74, 6) is 0.712. The van der Waals surface area contributed by atoms with Gasteiger partial charge in [-0.2, -0.15) is 0 Å². The quantitative estimate of drug-likeness (QED) is 0.565. The van der Waals surface area contributed by atoms with Crippen molar-refractivity contribution in [2.24, 2.45) is 5.92 Å². The van der Waals surface area contributed by atoms with Crippen molar-refractivity contribution in [1.82, 2.24) is 9.80 Å². The summed E-state index contributed by atoms with van der Waals surface area (Å²) in [6.07, 6.45) is 8.00. The predicted octanol–water partition coefficient (Wildman–Crippen LogP) is 3.61. The molecule has 0 bridgehead atoms. The van der Waals surface area contributed by atoms with Crippen molar-refractivity contribution in [1.29, 1.82) is 0 Å². The Morgan fingerprint density at radius 1 is 1.15 bits per heavy atom. The summed E-state index contributed by atoms with van der Waals surface area (Å²) in [7, 11) is 0. The lowest BCUT2D eigenvalue weighted by Gasteiger charge is -2.35. The van der Waals surface area contributed by atoms with Crippen LogP contribution in [-0.4, -0.2) is 52.7 Å². The third kappa shape index (κ3) is 4.86. The van der Waals surface area contributed by atoms with Gasteiger partial charge in [-0.1, -0.05) is 32.1 Å². The second kappa shape index (κ2) is 8.82. The first kappa shape index (κ1) is 19.8. The zero-order chi connectivity index (χ0) is 19.4. The van der Waals surface area contributed by atoms with Crippen LogP contribution in [0.4, 0.5) is 5.69 Å². The summed E-state index contributed by atoms with van der Waals surface area (Å²) in [4.78, 5) is 40.1. The topological polar surface area (TPSA) is 83.8 Å². The van der Waals surface area contributed by atoms with Crippen molar-refractivity contribution in [3.8, 4) is 0 Å². The molecule has 27 heavy (non-hydrogen) atoms. The molecule has 1 aromatic heterocycles. The number of thiophene rings is 1. The highest BCUT2D eigenvalue weighted by molar-refractivity contribution is 7.14. The lowest BCUT2D eigenvalue weighted by molar-refractivity contribution is -0.385. The van der Waals surface area contributed by atoms with Gasteiger partial charge in [0.25, 0.3) is 11.6 Å². The molecule has 1 saturated heterocycles. The van der Waals surface area contributed by atoms with Crippen molar-refractivity contribution in [3.63, 3.8) is 0 Å². The van der Waals surface area contributed by atoms with Gasteiger partial charge < -0.3 is 9.80 Å². The molecule has 1 saturated carbocycles. The summed E-state index contributed by atoms with van der Waals surface area (Å²) >= 11 is 1.16. The molecule has 2 aliphatic rings. The van der Waals surface area contributed by atoms with Crippen LogP contribution in [0.25, 0.3) is 0 Å². The van der Waals surface area contributed by atoms with Crippen LogP contribution < -0.4 is 0 Å². The average Bonchev–Trinajstić information content (AvgIpc) is 3.08. The summed E-state index contributed by atoms with van der Waals surface area (Å²) in [6, 6.07) is 1.37. The molecule has 8 heteroatoms. The minimum Gasteiger partial charge on any atom is -0.339 e. The van der Waals surface area contributed by atoms with Crippen LogP contribution >= 0.6 is 11.3 Å². The van der Waals surface area contributed by atoms with Crippen LogP contribution in [0.3, 0.4) is 0 Å². The number of nitrogens with zero attached hydrogens (tertiary/aromatic N) is 3. The Labute approximate surface area is 163 Å². The molecule has 0 radical (unpaired) electrons. The van der Waals surface area contributed by atoms with E-state index in [1.54, 1.807) is 11.8 Å². The number of carbonyl (C=O) groups excluding carboxylic acids is 2. The first-order chi connectivity index (χ1) is 13.0. The molecule has 3 rings (SSSR count). The number of rotatable bonds is 5. The first-order valence-corrected chi connectivity index (χ1v) is 10.6. The summed E-state index contributed by atoms with van der Waals surface area (Å²) in [5, 5.41) is 11.0. The Kier molecular flexibility index (Phi) is 6.46. The molecule has 1 aromatic rings. The van der Waals surface area contributed by atoms with E-state index in [0.29, 0.717) is 48.3 Å². The van der Waals surface area contributed by atoms with E-state index in [1.807, 2.05) is 4.90 Å². The van der Waals surface area contributed by atoms with Crippen molar-refractivity contribution < 1.29 is 14.5 Å². The van der Waals surface area contributed by atoms with Gasteiger partial charge >= 0.3 is 0 Å². The zero-order valence-electron chi connectivity index (χ0n) is 15.8. The number of aryl methyl sites for hydroxylation is 1. The van der Waals surface area contributed by atoms with E-state index in [0.717, 1.165) is 17.8 Å². The van der Waals surface area contributed by atoms with Crippen LogP contribution in [-0.2, 0) is 4.79 Å². The maximum absolute atomic E-state index is 12.6. The first-order valence-electron chi connectivity index (χ1n) is 9.77. The molecule has 1 aliphatic carbocycles. The van der Waals surface area contributed by atoms with Crippen LogP contribution in [0, 0.1) is 23.0 Å². The number of piperazine rings is 1. The Bertz CT molecular complexity index is 704. The van der Waals surface area contributed by atoms with E-state index in [-0.39, 0.29) is 17.5 Å². The van der Waals surface area contributed by atoms with Crippen molar-refractivity contribution in [3.05, 3.63) is 25.9 Å². The number of nitro groups is 1. The highest BCUT2D eigenvalue weighted by atomic mass is 32.1. The minimum absolute atomic E-state index is 0.000114.